The SMILES string of the molecule is CC(=O)c1ccc(N2C(=O)C3C(c4ccccn4)NC(Cc4ccccc4)(C(=O)O)C3C2=O)cc1. The number of imide groups is 1. The molecule has 8 nitrogen and oxygen atoms in total. The lowest BCUT2D eigenvalue weighted by Crippen LogP contribution is -2.57. The van der Waals surface area contributed by atoms with Gasteiger partial charge in [-0.15, -0.1) is 0 Å². The monoisotopic (exact) mass is 469 g/mol. The van der Waals surface area contributed by atoms with Gasteiger partial charge in [0.15, 0.2) is 5.78 Å². The van der Waals surface area contributed by atoms with Gasteiger partial charge in [0.05, 0.1) is 29.3 Å². The smallest absolute Gasteiger partial charge is 0.325 e. The van der Waals surface area contributed by atoms with Crippen LogP contribution in [0.15, 0.2) is 79.0 Å². The van der Waals surface area contributed by atoms with E-state index in [1.165, 1.54) is 19.1 Å². The number of carbonyl (C=O) groups is 4. The molecule has 8 heteroatoms. The minimum absolute atomic E-state index is 0.0177. The van der Waals surface area contributed by atoms with E-state index in [4.69, 9.17) is 0 Å². The van der Waals surface area contributed by atoms with E-state index >= 15 is 0 Å². The number of benzene rings is 2. The summed E-state index contributed by atoms with van der Waals surface area (Å²) in [5.74, 6) is -4.52. The number of hydrogen-bond acceptors (Lipinski definition) is 6. The average molecular weight is 469 g/mol. The number of pyridine rings is 1. The fourth-order valence-corrected chi connectivity index (χ4v) is 5.27. The van der Waals surface area contributed by atoms with Crippen LogP contribution < -0.4 is 10.2 Å². The van der Waals surface area contributed by atoms with E-state index in [0.717, 1.165) is 10.5 Å². The minimum atomic E-state index is -1.71. The van der Waals surface area contributed by atoms with Gasteiger partial charge in [0.2, 0.25) is 11.8 Å². The van der Waals surface area contributed by atoms with Crippen LogP contribution in [0.25, 0.3) is 0 Å². The Balaban J connectivity index is 1.63. The van der Waals surface area contributed by atoms with Crippen LogP contribution in [-0.2, 0) is 20.8 Å². The number of Topliss-reactive ketones (excluding diaryl/α,β-unsaturated/α-hetero) is 1. The Bertz CT molecular complexity index is 1310. The van der Waals surface area contributed by atoms with Gasteiger partial charge in [0, 0.05) is 18.2 Å². The Labute approximate surface area is 201 Å². The van der Waals surface area contributed by atoms with Gasteiger partial charge >= 0.3 is 5.97 Å². The molecule has 35 heavy (non-hydrogen) atoms. The van der Waals surface area contributed by atoms with Gasteiger partial charge in [-0.2, -0.15) is 0 Å². The lowest BCUT2D eigenvalue weighted by molar-refractivity contribution is -0.148. The highest BCUT2D eigenvalue weighted by Gasteiger charge is 2.68. The summed E-state index contributed by atoms with van der Waals surface area (Å²) in [6, 6.07) is 19.7. The molecule has 2 fully saturated rings. The van der Waals surface area contributed by atoms with Gasteiger partial charge in [-0.25, -0.2) is 4.90 Å². The van der Waals surface area contributed by atoms with E-state index in [1.54, 1.807) is 60.8 Å². The normalized spacial score (nSPS) is 25.5. The molecule has 2 aromatic carbocycles. The maximum atomic E-state index is 13.8. The van der Waals surface area contributed by atoms with Gasteiger partial charge in [0.25, 0.3) is 0 Å². The summed E-state index contributed by atoms with van der Waals surface area (Å²) in [6.07, 6.45) is 1.59. The highest BCUT2D eigenvalue weighted by molar-refractivity contribution is 6.24. The lowest BCUT2D eigenvalue weighted by atomic mass is 9.76. The first-order chi connectivity index (χ1) is 16.8. The number of aliphatic carboxylic acids is 1. The molecule has 4 atom stereocenters. The van der Waals surface area contributed by atoms with E-state index in [1.807, 2.05) is 6.07 Å². The Kier molecular flexibility index (Phi) is 5.53. The number of anilines is 1. The first kappa shape index (κ1) is 22.6. The Morgan fingerprint density at radius 3 is 2.26 bits per heavy atom. The molecule has 0 saturated carbocycles. The molecule has 1 aromatic heterocycles. The molecule has 0 radical (unpaired) electrons. The van der Waals surface area contributed by atoms with Crippen molar-refractivity contribution in [2.24, 2.45) is 11.8 Å². The number of aromatic nitrogens is 1. The highest BCUT2D eigenvalue weighted by atomic mass is 16.4. The Morgan fingerprint density at radius 1 is 0.971 bits per heavy atom. The van der Waals surface area contributed by atoms with Gasteiger partial charge in [-0.3, -0.25) is 29.5 Å². The zero-order valence-electron chi connectivity index (χ0n) is 18.9. The molecule has 3 heterocycles. The van der Waals surface area contributed by atoms with Crippen LogP contribution in [0.3, 0.4) is 0 Å². The average Bonchev–Trinajstić information content (AvgIpc) is 3.34. The largest absolute Gasteiger partial charge is 0.480 e. The summed E-state index contributed by atoms with van der Waals surface area (Å²) in [4.78, 5) is 57.5. The van der Waals surface area contributed by atoms with Crippen LogP contribution >= 0.6 is 0 Å². The third kappa shape index (κ3) is 3.63. The minimum Gasteiger partial charge on any atom is -0.480 e. The molecular weight excluding hydrogens is 446 g/mol. The summed E-state index contributed by atoms with van der Waals surface area (Å²) >= 11 is 0. The number of rotatable bonds is 6. The van der Waals surface area contributed by atoms with E-state index in [0.29, 0.717) is 16.9 Å². The van der Waals surface area contributed by atoms with Crippen molar-refractivity contribution in [3.05, 3.63) is 95.8 Å². The molecule has 5 rings (SSSR count). The van der Waals surface area contributed by atoms with Crippen molar-refractivity contribution in [2.45, 2.75) is 24.9 Å². The molecule has 176 valence electrons. The quantitative estimate of drug-likeness (QED) is 0.421. The number of amides is 2. The molecular formula is C27H23N3O5. The second-order valence-corrected chi connectivity index (χ2v) is 8.93. The molecule has 2 amide bonds. The van der Waals surface area contributed by atoms with Crippen molar-refractivity contribution in [1.82, 2.24) is 10.3 Å². The van der Waals surface area contributed by atoms with Crippen molar-refractivity contribution >= 4 is 29.3 Å². The van der Waals surface area contributed by atoms with E-state index in [9.17, 15) is 24.3 Å². The number of carboxylic acid groups (broad SMARTS) is 1. The molecule has 2 saturated heterocycles. The zero-order valence-corrected chi connectivity index (χ0v) is 18.9. The lowest BCUT2D eigenvalue weighted by Gasteiger charge is -2.31. The highest BCUT2D eigenvalue weighted by Crippen LogP contribution is 2.50. The second-order valence-electron chi connectivity index (χ2n) is 8.93. The van der Waals surface area contributed by atoms with E-state index in [-0.39, 0.29) is 12.2 Å². The fourth-order valence-electron chi connectivity index (χ4n) is 5.27. The first-order valence-corrected chi connectivity index (χ1v) is 11.3. The number of hydrogen-bond donors (Lipinski definition) is 2. The van der Waals surface area contributed by atoms with Crippen molar-refractivity contribution in [3.63, 3.8) is 0 Å². The standard InChI is InChI=1S/C27H23N3O5/c1-16(31)18-10-12-19(13-11-18)30-24(32)21-22(25(30)33)27(26(34)35,15-17-7-3-2-4-8-17)29-23(21)20-9-5-6-14-28-20/h2-14,21-23,29H,15H2,1H3,(H,34,35). The molecule has 2 N–H and O–H groups in total. The Morgan fingerprint density at radius 2 is 1.66 bits per heavy atom. The van der Waals surface area contributed by atoms with Gasteiger partial charge in [-0.1, -0.05) is 36.4 Å². The predicted molar refractivity (Wildman–Crippen MR) is 127 cm³/mol. The van der Waals surface area contributed by atoms with Gasteiger partial charge < -0.3 is 5.11 Å². The Hall–Kier alpha value is -4.17. The molecule has 0 bridgehead atoms. The summed E-state index contributed by atoms with van der Waals surface area (Å²) < 4.78 is 0. The van der Waals surface area contributed by atoms with Crippen LogP contribution in [0.4, 0.5) is 5.69 Å². The van der Waals surface area contributed by atoms with Crippen molar-refractivity contribution in [2.75, 3.05) is 4.90 Å². The zero-order chi connectivity index (χ0) is 24.7. The van der Waals surface area contributed by atoms with Gasteiger partial charge in [-0.05, 0) is 48.9 Å². The summed E-state index contributed by atoms with van der Waals surface area (Å²) in [7, 11) is 0. The number of ketones is 1. The predicted octanol–water partition coefficient (Wildman–Crippen LogP) is 2.80. The number of fused-ring (bicyclic) bond motifs is 1. The molecule has 3 aromatic rings. The first-order valence-electron chi connectivity index (χ1n) is 11.3. The number of nitrogens with one attached hydrogen (secondary N) is 1. The van der Waals surface area contributed by atoms with E-state index < -0.39 is 41.2 Å². The maximum Gasteiger partial charge on any atom is 0.325 e. The van der Waals surface area contributed by atoms with Gasteiger partial charge in [0.1, 0.15) is 5.54 Å². The molecule has 4 unspecified atom stereocenters. The van der Waals surface area contributed by atoms with Crippen LogP contribution in [0.1, 0.15) is 34.6 Å². The maximum absolute atomic E-state index is 13.8. The van der Waals surface area contributed by atoms with Crippen LogP contribution in [0, 0.1) is 11.8 Å². The summed E-state index contributed by atoms with van der Waals surface area (Å²) in [5.41, 5.74) is 0.263. The molecule has 2 aliphatic heterocycles. The van der Waals surface area contributed by atoms with Crippen LogP contribution in [0.2, 0.25) is 0 Å². The molecule has 2 aliphatic rings. The second kappa shape index (κ2) is 8.56. The molecule has 0 spiro atoms. The number of nitrogens with zero attached hydrogens (tertiary/aromatic N) is 2. The topological polar surface area (TPSA) is 117 Å². The third-order valence-electron chi connectivity index (χ3n) is 6.90. The van der Waals surface area contributed by atoms with Crippen molar-refractivity contribution < 1.29 is 24.3 Å². The molecule has 0 aliphatic carbocycles. The van der Waals surface area contributed by atoms with Crippen LogP contribution in [-0.4, -0.2) is 39.2 Å². The third-order valence-corrected chi connectivity index (χ3v) is 6.90. The fraction of sp³-hybridized carbons (Fsp3) is 0.222. The van der Waals surface area contributed by atoms with Crippen molar-refractivity contribution in [3.8, 4) is 0 Å². The summed E-state index contributed by atoms with van der Waals surface area (Å²) in [6.45, 7) is 1.43. The van der Waals surface area contributed by atoms with Crippen LogP contribution in [0.5, 0.6) is 0 Å². The number of carbonyl (C=O) groups excluding carboxylic acids is 3. The van der Waals surface area contributed by atoms with Crippen molar-refractivity contribution in [1.29, 1.82) is 0 Å². The summed E-state index contributed by atoms with van der Waals surface area (Å²) in [5, 5.41) is 13.6. The van der Waals surface area contributed by atoms with E-state index in [2.05, 4.69) is 10.3 Å². The number of carboxylic acids is 1.